The van der Waals surface area contributed by atoms with Crippen LogP contribution in [-0.2, 0) is 11.2 Å². The van der Waals surface area contributed by atoms with E-state index in [0.717, 1.165) is 12.0 Å². The fourth-order valence-electron chi connectivity index (χ4n) is 1.92. The number of benzene rings is 1. The van der Waals surface area contributed by atoms with Crippen molar-refractivity contribution >= 4 is 5.91 Å². The van der Waals surface area contributed by atoms with Gasteiger partial charge in [-0.2, -0.15) is 0 Å². The smallest absolute Gasteiger partial charge is 0.240 e. The number of rotatable bonds is 7. The average molecular weight is 262 g/mol. The van der Waals surface area contributed by atoms with Gasteiger partial charge in [0, 0.05) is 13.1 Å². The lowest BCUT2D eigenvalue weighted by atomic mass is 10.1. The minimum absolute atomic E-state index is 0.0603. The van der Waals surface area contributed by atoms with Gasteiger partial charge in [0.15, 0.2) is 0 Å². The van der Waals surface area contributed by atoms with Gasteiger partial charge in [-0.05, 0) is 30.5 Å². The van der Waals surface area contributed by atoms with Crippen molar-refractivity contribution in [3.63, 3.8) is 0 Å². The Labute approximate surface area is 114 Å². The van der Waals surface area contributed by atoms with Crippen molar-refractivity contribution in [2.24, 2.45) is 5.73 Å². The summed E-state index contributed by atoms with van der Waals surface area (Å²) in [6.45, 7) is 6.89. The first-order valence-corrected chi connectivity index (χ1v) is 6.51. The molecule has 0 unspecified atom stereocenters. The van der Waals surface area contributed by atoms with E-state index in [4.69, 9.17) is 5.73 Å². The minimum atomic E-state index is -0.559. The first-order valence-electron chi connectivity index (χ1n) is 6.51. The predicted molar refractivity (Wildman–Crippen MR) is 76.9 cm³/mol. The number of carbonyl (C=O) groups excluding carboxylic acids is 1. The van der Waals surface area contributed by atoms with E-state index in [1.54, 1.807) is 35.2 Å². The van der Waals surface area contributed by atoms with Gasteiger partial charge in [0.25, 0.3) is 0 Å². The van der Waals surface area contributed by atoms with Crippen molar-refractivity contribution < 1.29 is 9.90 Å². The topological polar surface area (TPSA) is 66.6 Å². The standard InChI is InChI=1S/C15H22N2O2/c1-3-9-17(10-4-2)15(19)14(16)11-12-5-7-13(18)8-6-12/h3,5-8,14,18H,1,4,9-11,16H2,2H3/t14-/m0/s1. The summed E-state index contributed by atoms with van der Waals surface area (Å²) in [7, 11) is 0. The molecular weight excluding hydrogens is 240 g/mol. The van der Waals surface area contributed by atoms with Crippen LogP contribution in [-0.4, -0.2) is 35.0 Å². The summed E-state index contributed by atoms with van der Waals surface area (Å²) in [4.78, 5) is 13.9. The van der Waals surface area contributed by atoms with Gasteiger partial charge in [-0.25, -0.2) is 0 Å². The molecule has 0 radical (unpaired) electrons. The van der Waals surface area contributed by atoms with Crippen LogP contribution < -0.4 is 5.73 Å². The molecule has 0 bridgehead atoms. The Morgan fingerprint density at radius 3 is 2.63 bits per heavy atom. The van der Waals surface area contributed by atoms with Crippen LogP contribution in [0.5, 0.6) is 5.75 Å². The SMILES string of the molecule is C=CCN(CCC)C(=O)[C@@H](N)Cc1ccc(O)cc1. The van der Waals surface area contributed by atoms with Gasteiger partial charge < -0.3 is 15.7 Å². The van der Waals surface area contributed by atoms with E-state index in [2.05, 4.69) is 6.58 Å². The van der Waals surface area contributed by atoms with Crippen LogP contribution in [0, 0.1) is 0 Å². The summed E-state index contributed by atoms with van der Waals surface area (Å²) < 4.78 is 0. The maximum absolute atomic E-state index is 12.2. The van der Waals surface area contributed by atoms with Crippen molar-refractivity contribution in [1.29, 1.82) is 0 Å². The predicted octanol–water partition coefficient (Wildman–Crippen LogP) is 1.69. The quantitative estimate of drug-likeness (QED) is 0.735. The molecule has 1 aromatic carbocycles. The summed E-state index contributed by atoms with van der Waals surface area (Å²) >= 11 is 0. The monoisotopic (exact) mass is 262 g/mol. The molecule has 104 valence electrons. The van der Waals surface area contributed by atoms with Gasteiger partial charge in [-0.15, -0.1) is 6.58 Å². The van der Waals surface area contributed by atoms with Crippen LogP contribution in [0.1, 0.15) is 18.9 Å². The lowest BCUT2D eigenvalue weighted by Crippen LogP contribution is -2.45. The summed E-state index contributed by atoms with van der Waals surface area (Å²) in [5.74, 6) is 0.151. The zero-order valence-electron chi connectivity index (χ0n) is 11.4. The number of hydrogen-bond acceptors (Lipinski definition) is 3. The molecule has 0 aliphatic carbocycles. The molecule has 1 aromatic rings. The largest absolute Gasteiger partial charge is 0.508 e. The Hall–Kier alpha value is -1.81. The Morgan fingerprint density at radius 2 is 2.11 bits per heavy atom. The second kappa shape index (κ2) is 7.59. The van der Waals surface area contributed by atoms with E-state index in [-0.39, 0.29) is 11.7 Å². The third-order valence-electron chi connectivity index (χ3n) is 2.86. The highest BCUT2D eigenvalue weighted by Gasteiger charge is 2.19. The fraction of sp³-hybridized carbons (Fsp3) is 0.400. The van der Waals surface area contributed by atoms with Gasteiger partial charge in [0.1, 0.15) is 5.75 Å². The molecule has 1 rings (SSSR count). The van der Waals surface area contributed by atoms with Crippen molar-refractivity contribution in [3.05, 3.63) is 42.5 Å². The zero-order chi connectivity index (χ0) is 14.3. The van der Waals surface area contributed by atoms with Gasteiger partial charge in [0.2, 0.25) is 5.91 Å². The molecule has 0 saturated carbocycles. The second-order valence-electron chi connectivity index (χ2n) is 4.55. The van der Waals surface area contributed by atoms with E-state index in [1.165, 1.54) is 0 Å². The molecule has 0 heterocycles. The lowest BCUT2D eigenvalue weighted by molar-refractivity contribution is -0.132. The van der Waals surface area contributed by atoms with Crippen molar-refractivity contribution in [1.82, 2.24) is 4.90 Å². The van der Waals surface area contributed by atoms with E-state index < -0.39 is 6.04 Å². The third-order valence-corrected chi connectivity index (χ3v) is 2.86. The Morgan fingerprint density at radius 1 is 1.47 bits per heavy atom. The molecule has 0 fully saturated rings. The average Bonchev–Trinajstić information content (AvgIpc) is 2.40. The molecule has 1 amide bonds. The summed E-state index contributed by atoms with van der Waals surface area (Å²) in [5.41, 5.74) is 6.90. The van der Waals surface area contributed by atoms with Gasteiger partial charge in [-0.1, -0.05) is 25.1 Å². The van der Waals surface area contributed by atoms with E-state index in [9.17, 15) is 9.90 Å². The lowest BCUT2D eigenvalue weighted by Gasteiger charge is -2.24. The Balaban J connectivity index is 2.64. The van der Waals surface area contributed by atoms with Crippen LogP contribution in [0.15, 0.2) is 36.9 Å². The number of amides is 1. The summed E-state index contributed by atoms with van der Waals surface area (Å²) in [6, 6.07) is 6.19. The van der Waals surface area contributed by atoms with E-state index in [0.29, 0.717) is 19.5 Å². The highest BCUT2D eigenvalue weighted by Crippen LogP contribution is 2.11. The number of phenols is 1. The molecule has 0 spiro atoms. The Bertz CT molecular complexity index is 415. The van der Waals surface area contributed by atoms with Gasteiger partial charge >= 0.3 is 0 Å². The van der Waals surface area contributed by atoms with Crippen LogP contribution in [0.4, 0.5) is 0 Å². The highest BCUT2D eigenvalue weighted by atomic mass is 16.3. The van der Waals surface area contributed by atoms with Gasteiger partial charge in [-0.3, -0.25) is 4.79 Å². The number of phenolic OH excluding ortho intramolecular Hbond substituents is 1. The van der Waals surface area contributed by atoms with Crippen LogP contribution >= 0.6 is 0 Å². The third kappa shape index (κ3) is 4.75. The minimum Gasteiger partial charge on any atom is -0.508 e. The molecule has 4 nitrogen and oxygen atoms in total. The van der Waals surface area contributed by atoms with Crippen molar-refractivity contribution in [2.45, 2.75) is 25.8 Å². The number of nitrogens with zero attached hydrogens (tertiary/aromatic N) is 1. The first-order chi connectivity index (χ1) is 9.08. The van der Waals surface area contributed by atoms with Crippen molar-refractivity contribution in [2.75, 3.05) is 13.1 Å². The number of carbonyl (C=O) groups is 1. The second-order valence-corrected chi connectivity index (χ2v) is 4.55. The molecule has 4 heteroatoms. The molecule has 0 aromatic heterocycles. The highest BCUT2D eigenvalue weighted by molar-refractivity contribution is 5.82. The number of nitrogens with two attached hydrogens (primary N) is 1. The summed E-state index contributed by atoms with van der Waals surface area (Å²) in [6.07, 6.45) is 3.07. The molecule has 19 heavy (non-hydrogen) atoms. The summed E-state index contributed by atoms with van der Waals surface area (Å²) in [5, 5.41) is 9.21. The molecule has 3 N–H and O–H groups in total. The zero-order valence-corrected chi connectivity index (χ0v) is 11.4. The molecule has 0 saturated heterocycles. The van der Waals surface area contributed by atoms with Crippen molar-refractivity contribution in [3.8, 4) is 5.75 Å². The molecular formula is C15H22N2O2. The van der Waals surface area contributed by atoms with E-state index >= 15 is 0 Å². The fourth-order valence-corrected chi connectivity index (χ4v) is 1.92. The number of aromatic hydroxyl groups is 1. The van der Waals surface area contributed by atoms with Gasteiger partial charge in [0.05, 0.1) is 6.04 Å². The van der Waals surface area contributed by atoms with E-state index in [1.807, 2.05) is 6.92 Å². The maximum Gasteiger partial charge on any atom is 0.240 e. The number of hydrogen-bond donors (Lipinski definition) is 2. The van der Waals surface area contributed by atoms with Crippen LogP contribution in [0.3, 0.4) is 0 Å². The molecule has 1 atom stereocenters. The normalized spacial score (nSPS) is 11.9. The van der Waals surface area contributed by atoms with Crippen LogP contribution in [0.2, 0.25) is 0 Å². The Kier molecular flexibility index (Phi) is 6.09. The maximum atomic E-state index is 12.2. The first kappa shape index (κ1) is 15.2. The molecule has 0 aliphatic rings. The van der Waals surface area contributed by atoms with Crippen LogP contribution in [0.25, 0.3) is 0 Å². The molecule has 0 aliphatic heterocycles.